The number of piperazine rings is 1. The predicted octanol–water partition coefficient (Wildman–Crippen LogP) is 5.40. The lowest BCUT2D eigenvalue weighted by Gasteiger charge is -2.36. The lowest BCUT2D eigenvalue weighted by molar-refractivity contribution is 0.0783. The summed E-state index contributed by atoms with van der Waals surface area (Å²) in [4.78, 5) is 19.8. The van der Waals surface area contributed by atoms with Crippen LogP contribution in [0.25, 0.3) is 0 Å². The Morgan fingerprint density at radius 3 is 2.16 bits per heavy atom. The Balaban J connectivity index is 0.00000241. The molecule has 1 saturated heterocycles. The van der Waals surface area contributed by atoms with Crippen molar-refractivity contribution in [2.45, 2.75) is 13.0 Å². The van der Waals surface area contributed by atoms with Crippen LogP contribution < -0.4 is 14.4 Å². The van der Waals surface area contributed by atoms with Crippen LogP contribution in [0.2, 0.25) is 0 Å². The van der Waals surface area contributed by atoms with E-state index in [-0.39, 0.29) is 30.7 Å². The number of para-hydroxylation sites is 3. The summed E-state index contributed by atoms with van der Waals surface area (Å²) in [6.07, 6.45) is 0.934. The molecule has 0 aromatic heterocycles. The molecule has 1 aliphatic rings. The van der Waals surface area contributed by atoms with Crippen LogP contribution in [0.4, 0.5) is 5.69 Å². The number of carbonyl (C=O) groups excluding carboxylic acids is 1. The first-order chi connectivity index (χ1) is 17.2. The molecule has 0 radical (unpaired) electrons. The SMILES string of the molecule is COc1ccccc1N1CCN(CCCN(C)C(=O)c2ccccc2OCc2ccccc2)CC1.Cl.Cl. The molecule has 0 spiro atoms. The van der Waals surface area contributed by atoms with E-state index in [0.717, 1.165) is 56.1 Å². The molecule has 0 atom stereocenters. The Hall–Kier alpha value is -2.93. The molecular formula is C29H37Cl2N3O3. The van der Waals surface area contributed by atoms with E-state index in [9.17, 15) is 4.79 Å². The number of amides is 1. The first-order valence-electron chi connectivity index (χ1n) is 12.3. The molecule has 0 saturated carbocycles. The Morgan fingerprint density at radius 2 is 1.46 bits per heavy atom. The third-order valence-electron chi connectivity index (χ3n) is 6.47. The third kappa shape index (κ3) is 8.29. The van der Waals surface area contributed by atoms with Gasteiger partial charge in [0, 0.05) is 39.8 Å². The highest BCUT2D eigenvalue weighted by atomic mass is 35.5. The number of hydrogen-bond acceptors (Lipinski definition) is 5. The molecule has 0 bridgehead atoms. The normalized spacial score (nSPS) is 13.2. The molecule has 1 fully saturated rings. The first kappa shape index (κ1) is 30.3. The van der Waals surface area contributed by atoms with Gasteiger partial charge in [0.15, 0.2) is 0 Å². The molecule has 200 valence electrons. The number of carbonyl (C=O) groups is 1. The second kappa shape index (κ2) is 15.4. The molecule has 1 aliphatic heterocycles. The minimum absolute atomic E-state index is 0. The van der Waals surface area contributed by atoms with Crippen molar-refractivity contribution in [2.24, 2.45) is 0 Å². The summed E-state index contributed by atoms with van der Waals surface area (Å²) in [5.74, 6) is 1.55. The van der Waals surface area contributed by atoms with Crippen LogP contribution in [-0.4, -0.2) is 69.1 Å². The fourth-order valence-corrected chi connectivity index (χ4v) is 4.45. The largest absolute Gasteiger partial charge is 0.495 e. The zero-order valence-corrected chi connectivity index (χ0v) is 23.2. The van der Waals surface area contributed by atoms with Gasteiger partial charge in [-0.2, -0.15) is 0 Å². The Labute approximate surface area is 233 Å². The van der Waals surface area contributed by atoms with Gasteiger partial charge in [-0.05, 0) is 42.8 Å². The molecule has 3 aromatic carbocycles. The zero-order valence-electron chi connectivity index (χ0n) is 21.5. The lowest BCUT2D eigenvalue weighted by Crippen LogP contribution is -2.47. The molecule has 3 aromatic rings. The maximum absolute atomic E-state index is 13.1. The molecule has 6 nitrogen and oxygen atoms in total. The van der Waals surface area contributed by atoms with E-state index in [2.05, 4.69) is 21.9 Å². The van der Waals surface area contributed by atoms with Crippen molar-refractivity contribution < 1.29 is 14.3 Å². The van der Waals surface area contributed by atoms with Crippen molar-refractivity contribution in [1.29, 1.82) is 0 Å². The zero-order chi connectivity index (χ0) is 24.5. The predicted molar refractivity (Wildman–Crippen MR) is 155 cm³/mol. The number of rotatable bonds is 10. The summed E-state index contributed by atoms with van der Waals surface area (Å²) in [6, 6.07) is 25.7. The number of benzene rings is 3. The number of nitrogens with zero attached hydrogens (tertiary/aromatic N) is 3. The van der Waals surface area contributed by atoms with Crippen LogP contribution in [0.1, 0.15) is 22.3 Å². The van der Waals surface area contributed by atoms with Crippen molar-refractivity contribution in [3.63, 3.8) is 0 Å². The van der Waals surface area contributed by atoms with E-state index in [1.54, 1.807) is 12.0 Å². The summed E-state index contributed by atoms with van der Waals surface area (Å²) in [7, 11) is 3.59. The fourth-order valence-electron chi connectivity index (χ4n) is 4.45. The number of halogens is 2. The minimum atomic E-state index is -0.00495. The number of hydrogen-bond donors (Lipinski definition) is 0. The van der Waals surface area contributed by atoms with E-state index in [0.29, 0.717) is 24.5 Å². The van der Waals surface area contributed by atoms with Gasteiger partial charge in [0.25, 0.3) is 5.91 Å². The van der Waals surface area contributed by atoms with E-state index in [4.69, 9.17) is 9.47 Å². The number of methoxy groups -OCH3 is 1. The molecular weight excluding hydrogens is 509 g/mol. The van der Waals surface area contributed by atoms with Crippen LogP contribution >= 0.6 is 24.8 Å². The minimum Gasteiger partial charge on any atom is -0.495 e. The second-order valence-corrected chi connectivity index (χ2v) is 8.85. The molecule has 37 heavy (non-hydrogen) atoms. The first-order valence-corrected chi connectivity index (χ1v) is 12.3. The van der Waals surface area contributed by atoms with Gasteiger partial charge in [-0.15, -0.1) is 24.8 Å². The van der Waals surface area contributed by atoms with Gasteiger partial charge in [0.05, 0.1) is 18.4 Å². The van der Waals surface area contributed by atoms with Crippen LogP contribution in [-0.2, 0) is 6.61 Å². The molecule has 0 unspecified atom stereocenters. The maximum Gasteiger partial charge on any atom is 0.257 e. The maximum atomic E-state index is 13.1. The monoisotopic (exact) mass is 545 g/mol. The molecule has 0 N–H and O–H groups in total. The summed E-state index contributed by atoms with van der Waals surface area (Å²) in [6.45, 7) is 6.08. The highest BCUT2D eigenvalue weighted by Crippen LogP contribution is 2.28. The second-order valence-electron chi connectivity index (χ2n) is 8.85. The van der Waals surface area contributed by atoms with E-state index in [1.165, 1.54) is 0 Å². The highest BCUT2D eigenvalue weighted by molar-refractivity contribution is 5.96. The summed E-state index contributed by atoms with van der Waals surface area (Å²) in [5, 5.41) is 0. The summed E-state index contributed by atoms with van der Waals surface area (Å²) >= 11 is 0. The van der Waals surface area contributed by atoms with Gasteiger partial charge in [-0.1, -0.05) is 54.6 Å². The van der Waals surface area contributed by atoms with Crippen molar-refractivity contribution in [3.05, 3.63) is 90.0 Å². The van der Waals surface area contributed by atoms with E-state index < -0.39 is 0 Å². The molecule has 0 aliphatic carbocycles. The van der Waals surface area contributed by atoms with Crippen LogP contribution in [0.5, 0.6) is 11.5 Å². The van der Waals surface area contributed by atoms with Crippen LogP contribution in [0.15, 0.2) is 78.9 Å². The van der Waals surface area contributed by atoms with Crippen molar-refractivity contribution >= 4 is 36.4 Å². The standard InChI is InChI=1S/C29H35N3O3.2ClH/c1-30(29(33)25-13-6-8-15-27(25)35-23-24-11-4-3-5-12-24)17-10-18-31-19-21-32(22-20-31)26-14-7-9-16-28(26)34-2;;/h3-9,11-16H,10,17-23H2,1-2H3;2*1H. The van der Waals surface area contributed by atoms with Crippen LogP contribution in [0.3, 0.4) is 0 Å². The van der Waals surface area contributed by atoms with Crippen molar-refractivity contribution in [2.75, 3.05) is 58.3 Å². The Kier molecular flexibility index (Phi) is 12.6. The number of anilines is 1. The third-order valence-corrected chi connectivity index (χ3v) is 6.47. The van der Waals surface area contributed by atoms with E-state index in [1.807, 2.05) is 73.8 Å². The molecule has 4 rings (SSSR count). The number of ether oxygens (including phenoxy) is 2. The van der Waals surface area contributed by atoms with Gasteiger partial charge in [0.1, 0.15) is 18.1 Å². The van der Waals surface area contributed by atoms with Crippen molar-refractivity contribution in [3.8, 4) is 11.5 Å². The average Bonchev–Trinajstić information content (AvgIpc) is 2.92. The Bertz CT molecular complexity index is 1090. The summed E-state index contributed by atoms with van der Waals surface area (Å²) in [5.41, 5.74) is 2.85. The fraction of sp³-hybridized carbons (Fsp3) is 0.345. The molecule has 1 heterocycles. The molecule has 1 amide bonds. The quantitative estimate of drug-likeness (QED) is 0.341. The van der Waals surface area contributed by atoms with Gasteiger partial charge in [-0.25, -0.2) is 0 Å². The van der Waals surface area contributed by atoms with Gasteiger partial charge >= 0.3 is 0 Å². The highest BCUT2D eigenvalue weighted by Gasteiger charge is 2.20. The van der Waals surface area contributed by atoms with Crippen molar-refractivity contribution in [1.82, 2.24) is 9.80 Å². The van der Waals surface area contributed by atoms with Gasteiger partial charge in [-0.3, -0.25) is 9.69 Å². The van der Waals surface area contributed by atoms with E-state index >= 15 is 0 Å². The topological polar surface area (TPSA) is 45.2 Å². The lowest BCUT2D eigenvalue weighted by atomic mass is 10.1. The molecule has 8 heteroatoms. The smallest absolute Gasteiger partial charge is 0.257 e. The Morgan fingerprint density at radius 1 is 0.838 bits per heavy atom. The summed E-state index contributed by atoms with van der Waals surface area (Å²) < 4.78 is 11.5. The van der Waals surface area contributed by atoms with Gasteiger partial charge in [0.2, 0.25) is 0 Å². The van der Waals surface area contributed by atoms with Crippen LogP contribution in [0, 0.1) is 0 Å². The average molecular weight is 547 g/mol. The van der Waals surface area contributed by atoms with Gasteiger partial charge < -0.3 is 19.3 Å².